The molecule has 0 amide bonds. The van der Waals surface area contributed by atoms with E-state index in [2.05, 4.69) is 34.6 Å². The van der Waals surface area contributed by atoms with Crippen LogP contribution in [-0.4, -0.2) is 37.2 Å². The zero-order chi connectivity index (χ0) is 45.4. The predicted molar refractivity (Wildman–Crippen MR) is 266 cm³/mol. The Bertz CT molecular complexity index is 949. The van der Waals surface area contributed by atoms with E-state index < -0.39 is 6.10 Å². The smallest absolute Gasteiger partial charge is 0.306 e. The van der Waals surface area contributed by atoms with E-state index >= 15 is 0 Å². The summed E-state index contributed by atoms with van der Waals surface area (Å²) >= 11 is 0. The van der Waals surface area contributed by atoms with E-state index in [0.29, 0.717) is 19.3 Å². The average molecular weight is 877 g/mol. The summed E-state index contributed by atoms with van der Waals surface area (Å²) in [4.78, 5) is 38.0. The molecule has 0 aromatic rings. The standard InChI is InChI=1S/C56H108O6/c1-6-8-9-10-11-12-13-14-15-16-17-18-19-20-25-28-31-38-43-48-56(59)62-53(50-61-55(58)47-42-37-33-32-35-40-45-52(5)7-2)49-60-54(57)46-41-36-30-27-24-22-21-23-26-29-34-39-44-51(3)4/h51-53H,6-50H2,1-5H3/t52?,53-/m0/s1. The molecule has 6 heteroatoms. The molecule has 0 N–H and O–H groups in total. The predicted octanol–water partition coefficient (Wildman–Crippen LogP) is 18.1. The summed E-state index contributed by atoms with van der Waals surface area (Å²) in [5.74, 6) is 0.801. The van der Waals surface area contributed by atoms with Crippen LogP contribution in [0, 0.1) is 11.8 Å². The molecule has 0 heterocycles. The van der Waals surface area contributed by atoms with Crippen molar-refractivity contribution in [1.82, 2.24) is 0 Å². The molecule has 0 aliphatic heterocycles. The van der Waals surface area contributed by atoms with E-state index in [4.69, 9.17) is 14.2 Å². The normalized spacial score (nSPS) is 12.5. The number of carbonyl (C=O) groups excluding carboxylic acids is 3. The molecule has 0 spiro atoms. The highest BCUT2D eigenvalue weighted by atomic mass is 16.6. The largest absolute Gasteiger partial charge is 0.462 e. The van der Waals surface area contributed by atoms with Crippen LogP contribution in [0.4, 0.5) is 0 Å². The van der Waals surface area contributed by atoms with Gasteiger partial charge in [-0.05, 0) is 31.1 Å². The highest BCUT2D eigenvalue weighted by Crippen LogP contribution is 2.18. The van der Waals surface area contributed by atoms with Gasteiger partial charge < -0.3 is 14.2 Å². The molecule has 6 nitrogen and oxygen atoms in total. The topological polar surface area (TPSA) is 78.9 Å². The summed E-state index contributed by atoms with van der Waals surface area (Å²) in [6.45, 7) is 11.4. The third-order valence-electron chi connectivity index (χ3n) is 13.1. The van der Waals surface area contributed by atoms with Gasteiger partial charge >= 0.3 is 17.9 Å². The van der Waals surface area contributed by atoms with E-state index in [9.17, 15) is 14.4 Å². The summed E-state index contributed by atoms with van der Waals surface area (Å²) in [5.41, 5.74) is 0. The molecule has 0 aliphatic rings. The van der Waals surface area contributed by atoms with E-state index in [0.717, 1.165) is 69.6 Å². The van der Waals surface area contributed by atoms with Gasteiger partial charge in [-0.1, -0.05) is 272 Å². The zero-order valence-electron chi connectivity index (χ0n) is 42.5. The number of unbranched alkanes of at least 4 members (excludes halogenated alkanes) is 34. The Morgan fingerprint density at radius 1 is 0.339 bits per heavy atom. The minimum Gasteiger partial charge on any atom is -0.462 e. The van der Waals surface area contributed by atoms with Crippen LogP contribution < -0.4 is 0 Å². The summed E-state index contributed by atoms with van der Waals surface area (Å²) in [6, 6.07) is 0. The molecule has 2 atom stereocenters. The minimum absolute atomic E-state index is 0.0641. The van der Waals surface area contributed by atoms with E-state index in [1.807, 2.05) is 0 Å². The van der Waals surface area contributed by atoms with Crippen molar-refractivity contribution in [2.75, 3.05) is 13.2 Å². The number of ether oxygens (including phenoxy) is 3. The van der Waals surface area contributed by atoms with Gasteiger partial charge in [-0.2, -0.15) is 0 Å². The molecule has 368 valence electrons. The van der Waals surface area contributed by atoms with Gasteiger partial charge in [-0.25, -0.2) is 0 Å². The first-order valence-electron chi connectivity index (χ1n) is 27.8. The lowest BCUT2D eigenvalue weighted by Crippen LogP contribution is -2.30. The van der Waals surface area contributed by atoms with Crippen molar-refractivity contribution in [3.63, 3.8) is 0 Å². The van der Waals surface area contributed by atoms with E-state index in [1.165, 1.54) is 199 Å². The second-order valence-corrected chi connectivity index (χ2v) is 19.9. The lowest BCUT2D eigenvalue weighted by atomic mass is 10.00. The van der Waals surface area contributed by atoms with Crippen LogP contribution in [0.5, 0.6) is 0 Å². The molecule has 0 radical (unpaired) electrons. The van der Waals surface area contributed by atoms with Crippen molar-refractivity contribution in [3.05, 3.63) is 0 Å². The van der Waals surface area contributed by atoms with Gasteiger partial charge in [0.25, 0.3) is 0 Å². The van der Waals surface area contributed by atoms with Crippen molar-refractivity contribution in [3.8, 4) is 0 Å². The van der Waals surface area contributed by atoms with E-state index in [1.54, 1.807) is 0 Å². The van der Waals surface area contributed by atoms with Gasteiger partial charge in [0.05, 0.1) is 0 Å². The number of hydrogen-bond acceptors (Lipinski definition) is 6. The van der Waals surface area contributed by atoms with Crippen molar-refractivity contribution in [1.29, 1.82) is 0 Å². The molecule has 62 heavy (non-hydrogen) atoms. The van der Waals surface area contributed by atoms with Gasteiger partial charge in [0, 0.05) is 19.3 Å². The fraction of sp³-hybridized carbons (Fsp3) is 0.946. The van der Waals surface area contributed by atoms with Crippen LogP contribution >= 0.6 is 0 Å². The third-order valence-corrected chi connectivity index (χ3v) is 13.1. The third kappa shape index (κ3) is 47.9. The van der Waals surface area contributed by atoms with Crippen LogP contribution in [-0.2, 0) is 28.6 Å². The van der Waals surface area contributed by atoms with Crippen LogP contribution in [0.2, 0.25) is 0 Å². The van der Waals surface area contributed by atoms with Gasteiger partial charge in [0.15, 0.2) is 6.10 Å². The number of rotatable bonds is 50. The van der Waals surface area contributed by atoms with Crippen molar-refractivity contribution in [2.45, 2.75) is 317 Å². The summed E-state index contributed by atoms with van der Waals surface area (Å²) in [5, 5.41) is 0. The highest BCUT2D eigenvalue weighted by molar-refractivity contribution is 5.71. The molecule has 0 rings (SSSR count). The molecule has 0 saturated carbocycles. The monoisotopic (exact) mass is 877 g/mol. The SMILES string of the molecule is CCCCCCCCCCCCCCCCCCCCCC(=O)O[C@@H](COC(=O)CCCCCCCCCCCCCCC(C)C)COC(=O)CCCCCCCCC(C)CC. The van der Waals surface area contributed by atoms with Crippen LogP contribution in [0.25, 0.3) is 0 Å². The number of hydrogen-bond donors (Lipinski definition) is 0. The summed E-state index contributed by atoms with van der Waals surface area (Å²) in [6.07, 6.45) is 51.0. The average Bonchev–Trinajstić information content (AvgIpc) is 3.26. The first-order valence-corrected chi connectivity index (χ1v) is 27.8. The molecular weight excluding hydrogens is 769 g/mol. The molecule has 0 aromatic carbocycles. The lowest BCUT2D eigenvalue weighted by molar-refractivity contribution is -0.167. The van der Waals surface area contributed by atoms with Crippen molar-refractivity contribution < 1.29 is 28.6 Å². The van der Waals surface area contributed by atoms with Crippen LogP contribution in [0.15, 0.2) is 0 Å². The Hall–Kier alpha value is -1.59. The van der Waals surface area contributed by atoms with Gasteiger partial charge in [0.1, 0.15) is 13.2 Å². The molecule has 0 saturated heterocycles. The second-order valence-electron chi connectivity index (χ2n) is 19.9. The van der Waals surface area contributed by atoms with Gasteiger partial charge in [-0.15, -0.1) is 0 Å². The lowest BCUT2D eigenvalue weighted by Gasteiger charge is -2.18. The van der Waals surface area contributed by atoms with E-state index in [-0.39, 0.29) is 31.1 Å². The second kappa shape index (κ2) is 48.9. The van der Waals surface area contributed by atoms with Gasteiger partial charge in [0.2, 0.25) is 0 Å². The molecular formula is C56H108O6. The summed E-state index contributed by atoms with van der Waals surface area (Å²) < 4.78 is 16.8. The Balaban J connectivity index is 4.26. The van der Waals surface area contributed by atoms with Gasteiger partial charge in [-0.3, -0.25) is 14.4 Å². The summed E-state index contributed by atoms with van der Waals surface area (Å²) in [7, 11) is 0. The first-order chi connectivity index (χ1) is 30.3. The Kier molecular flexibility index (Phi) is 47.6. The van der Waals surface area contributed by atoms with Crippen LogP contribution in [0.3, 0.4) is 0 Å². The quantitative estimate of drug-likeness (QED) is 0.0344. The van der Waals surface area contributed by atoms with Crippen molar-refractivity contribution in [2.24, 2.45) is 11.8 Å². The molecule has 0 bridgehead atoms. The van der Waals surface area contributed by atoms with Crippen LogP contribution in [0.1, 0.15) is 311 Å². The first kappa shape index (κ1) is 60.4. The number of esters is 3. The molecule has 0 aliphatic carbocycles. The highest BCUT2D eigenvalue weighted by Gasteiger charge is 2.19. The zero-order valence-corrected chi connectivity index (χ0v) is 42.5. The fourth-order valence-corrected chi connectivity index (χ4v) is 8.49. The minimum atomic E-state index is -0.763. The molecule has 0 fully saturated rings. The Labute approximate surface area is 387 Å². The number of carbonyl (C=O) groups is 3. The maximum atomic E-state index is 12.8. The molecule has 1 unspecified atom stereocenters. The molecule has 0 aromatic heterocycles. The van der Waals surface area contributed by atoms with Crippen molar-refractivity contribution >= 4 is 17.9 Å². The maximum Gasteiger partial charge on any atom is 0.306 e. The Morgan fingerprint density at radius 2 is 0.613 bits per heavy atom. The maximum absolute atomic E-state index is 12.8. The fourth-order valence-electron chi connectivity index (χ4n) is 8.49. The Morgan fingerprint density at radius 3 is 0.919 bits per heavy atom.